The molecule has 174 valence electrons. The van der Waals surface area contributed by atoms with Crippen molar-refractivity contribution in [2.24, 2.45) is 10.9 Å². The Morgan fingerprint density at radius 2 is 1.56 bits per heavy atom. The molecule has 0 saturated heterocycles. The highest BCUT2D eigenvalue weighted by Gasteiger charge is 2.41. The molecule has 1 N–H and O–H groups in total. The third-order valence-corrected chi connectivity index (χ3v) is 7.14. The van der Waals surface area contributed by atoms with Gasteiger partial charge in [0.1, 0.15) is 11.5 Å². The summed E-state index contributed by atoms with van der Waals surface area (Å²) in [7, 11) is 1.67. The smallest absolute Gasteiger partial charge is 0.144 e. The van der Waals surface area contributed by atoms with Gasteiger partial charge in [-0.1, -0.05) is 69.3 Å². The number of carbonyl (C=O) groups excluding carboxylic acids is 1. The molecule has 1 saturated carbocycles. The number of ketones is 1. The van der Waals surface area contributed by atoms with Crippen molar-refractivity contribution in [3.05, 3.63) is 89.5 Å². The zero-order chi connectivity index (χ0) is 23.9. The lowest BCUT2D eigenvalue weighted by molar-refractivity contribution is -0.122. The Bertz CT molecular complexity index is 1220. The van der Waals surface area contributed by atoms with Crippen molar-refractivity contribution in [2.75, 3.05) is 12.4 Å². The number of para-hydroxylation sites is 2. The van der Waals surface area contributed by atoms with E-state index in [4.69, 9.17) is 9.73 Å². The summed E-state index contributed by atoms with van der Waals surface area (Å²) in [4.78, 5) is 18.8. The number of nitrogens with zero attached hydrogens (tertiary/aromatic N) is 1. The number of rotatable bonds is 3. The molecular formula is C30H32N2O2. The number of benzene rings is 3. The normalized spacial score (nSPS) is 22.1. The molecule has 4 nitrogen and oxygen atoms in total. The second-order valence-electron chi connectivity index (χ2n) is 10.4. The molecule has 0 spiro atoms. The summed E-state index contributed by atoms with van der Waals surface area (Å²) < 4.78 is 5.31. The van der Waals surface area contributed by atoms with Gasteiger partial charge in [0.05, 0.1) is 30.4 Å². The molecule has 3 aromatic rings. The molecule has 34 heavy (non-hydrogen) atoms. The predicted molar refractivity (Wildman–Crippen MR) is 139 cm³/mol. The third kappa shape index (κ3) is 4.25. The maximum Gasteiger partial charge on any atom is 0.144 e. The van der Waals surface area contributed by atoms with E-state index in [1.807, 2.05) is 30.3 Å². The van der Waals surface area contributed by atoms with Gasteiger partial charge in [-0.25, -0.2) is 0 Å². The Hall–Kier alpha value is -3.40. The quantitative estimate of drug-likeness (QED) is 0.466. The topological polar surface area (TPSA) is 50.7 Å². The van der Waals surface area contributed by atoms with E-state index in [0.717, 1.165) is 40.4 Å². The highest BCUT2D eigenvalue weighted by atomic mass is 16.5. The number of Topliss-reactive ketones (excluding diaryl/α,β-unsaturated/α-hetero) is 1. The van der Waals surface area contributed by atoms with E-state index in [2.05, 4.69) is 68.6 Å². The van der Waals surface area contributed by atoms with Gasteiger partial charge in [-0.2, -0.15) is 0 Å². The van der Waals surface area contributed by atoms with Crippen LogP contribution in [0, 0.1) is 5.92 Å². The van der Waals surface area contributed by atoms with Crippen LogP contribution in [0.2, 0.25) is 0 Å². The van der Waals surface area contributed by atoms with E-state index in [-0.39, 0.29) is 29.1 Å². The summed E-state index contributed by atoms with van der Waals surface area (Å²) in [5.41, 5.74) is 6.50. The van der Waals surface area contributed by atoms with Crippen LogP contribution >= 0.6 is 0 Å². The highest BCUT2D eigenvalue weighted by Crippen LogP contribution is 2.44. The first-order chi connectivity index (χ1) is 16.3. The monoisotopic (exact) mass is 452 g/mol. The van der Waals surface area contributed by atoms with Gasteiger partial charge in [-0.3, -0.25) is 9.79 Å². The minimum Gasteiger partial charge on any atom is -0.497 e. The van der Waals surface area contributed by atoms with Crippen LogP contribution in [0.15, 0.2) is 77.8 Å². The first kappa shape index (κ1) is 22.4. The van der Waals surface area contributed by atoms with Gasteiger partial charge >= 0.3 is 0 Å². The molecule has 2 aliphatic rings. The molecule has 1 aliphatic heterocycles. The highest BCUT2D eigenvalue weighted by molar-refractivity contribution is 6.10. The summed E-state index contributed by atoms with van der Waals surface area (Å²) in [6.07, 6.45) is 1.29. The van der Waals surface area contributed by atoms with Crippen molar-refractivity contribution in [1.29, 1.82) is 0 Å². The van der Waals surface area contributed by atoms with Crippen LogP contribution in [-0.2, 0) is 10.2 Å². The Labute approximate surface area is 202 Å². The number of anilines is 1. The molecule has 1 aliphatic carbocycles. The standard InChI is InChI=1S/C30H32N2O2/c1-30(2,3)22-13-9-20(10-14-22)29-28-26(31-24-7-5-6-8-25(24)32-29)17-21(18-27(28)33)19-11-15-23(34-4)16-12-19/h5-16,21,28-29,32H,17-18H2,1-4H3/t21-,28-,29+/m0/s1. The van der Waals surface area contributed by atoms with E-state index in [1.165, 1.54) is 5.56 Å². The van der Waals surface area contributed by atoms with Gasteiger partial charge in [0.2, 0.25) is 0 Å². The molecule has 0 unspecified atom stereocenters. The van der Waals surface area contributed by atoms with Gasteiger partial charge in [-0.15, -0.1) is 0 Å². The number of fused-ring (bicyclic) bond motifs is 2. The number of hydrogen-bond donors (Lipinski definition) is 1. The van der Waals surface area contributed by atoms with Crippen molar-refractivity contribution < 1.29 is 9.53 Å². The summed E-state index contributed by atoms with van der Waals surface area (Å²) in [5, 5.41) is 3.68. The summed E-state index contributed by atoms with van der Waals surface area (Å²) in [6, 6.07) is 24.8. The maximum absolute atomic E-state index is 13.7. The maximum atomic E-state index is 13.7. The number of ether oxygens (including phenoxy) is 1. The van der Waals surface area contributed by atoms with Crippen molar-refractivity contribution in [2.45, 2.75) is 51.0 Å². The Kier molecular flexibility index (Phi) is 5.76. The number of nitrogens with one attached hydrogen (secondary N) is 1. The molecule has 0 radical (unpaired) electrons. The Morgan fingerprint density at radius 1 is 0.882 bits per heavy atom. The summed E-state index contributed by atoms with van der Waals surface area (Å²) in [6.45, 7) is 6.66. The second kappa shape index (κ2) is 8.75. The van der Waals surface area contributed by atoms with Gasteiger partial charge < -0.3 is 10.1 Å². The largest absolute Gasteiger partial charge is 0.497 e. The van der Waals surface area contributed by atoms with Crippen molar-refractivity contribution >= 4 is 22.9 Å². The van der Waals surface area contributed by atoms with Crippen LogP contribution in [0.25, 0.3) is 0 Å². The first-order valence-corrected chi connectivity index (χ1v) is 12.0. The SMILES string of the molecule is COc1ccc([C@@H]2CC(=O)[C@@H]3C(=Nc4ccccc4N[C@@H]3c3ccc(C(C)(C)C)cc3)C2)cc1. The van der Waals surface area contributed by atoms with Gasteiger partial charge in [-0.05, 0) is 58.7 Å². The number of carbonyl (C=O) groups is 1. The Morgan fingerprint density at radius 3 is 2.24 bits per heavy atom. The lowest BCUT2D eigenvalue weighted by Crippen LogP contribution is -2.38. The van der Waals surface area contributed by atoms with Crippen LogP contribution in [0.3, 0.4) is 0 Å². The molecule has 3 atom stereocenters. The van der Waals surface area contributed by atoms with E-state index in [1.54, 1.807) is 7.11 Å². The predicted octanol–water partition coefficient (Wildman–Crippen LogP) is 6.99. The molecule has 3 aromatic carbocycles. The lowest BCUT2D eigenvalue weighted by Gasteiger charge is -2.34. The molecule has 5 rings (SSSR count). The molecule has 0 aromatic heterocycles. The van der Waals surface area contributed by atoms with E-state index in [0.29, 0.717) is 6.42 Å². The van der Waals surface area contributed by atoms with Crippen molar-refractivity contribution in [1.82, 2.24) is 0 Å². The van der Waals surface area contributed by atoms with E-state index < -0.39 is 0 Å². The fourth-order valence-corrected chi connectivity index (χ4v) is 5.18. The molecule has 1 fully saturated rings. The Balaban J connectivity index is 1.53. The van der Waals surface area contributed by atoms with Crippen LogP contribution in [0.5, 0.6) is 5.75 Å². The van der Waals surface area contributed by atoms with Crippen LogP contribution in [0.4, 0.5) is 11.4 Å². The third-order valence-electron chi connectivity index (χ3n) is 7.14. The van der Waals surface area contributed by atoms with Crippen molar-refractivity contribution in [3.8, 4) is 5.75 Å². The number of hydrogen-bond acceptors (Lipinski definition) is 4. The average molecular weight is 453 g/mol. The fraction of sp³-hybridized carbons (Fsp3) is 0.333. The first-order valence-electron chi connectivity index (χ1n) is 12.0. The average Bonchev–Trinajstić information content (AvgIpc) is 3.00. The number of methoxy groups -OCH3 is 1. The van der Waals surface area contributed by atoms with Crippen LogP contribution < -0.4 is 10.1 Å². The number of aliphatic imine (C=N–C) groups is 1. The van der Waals surface area contributed by atoms with Crippen molar-refractivity contribution in [3.63, 3.8) is 0 Å². The zero-order valence-corrected chi connectivity index (χ0v) is 20.3. The molecular weight excluding hydrogens is 420 g/mol. The zero-order valence-electron chi connectivity index (χ0n) is 20.3. The summed E-state index contributed by atoms with van der Waals surface area (Å²) >= 11 is 0. The molecule has 4 heteroatoms. The molecule has 0 amide bonds. The minimum absolute atomic E-state index is 0.0842. The van der Waals surface area contributed by atoms with Crippen LogP contribution in [-0.4, -0.2) is 18.6 Å². The van der Waals surface area contributed by atoms with Crippen LogP contribution in [0.1, 0.15) is 62.3 Å². The lowest BCUT2D eigenvalue weighted by atomic mass is 9.72. The van der Waals surface area contributed by atoms with Gasteiger partial charge in [0, 0.05) is 12.1 Å². The molecule has 0 bridgehead atoms. The van der Waals surface area contributed by atoms with Gasteiger partial charge in [0.25, 0.3) is 0 Å². The second-order valence-corrected chi connectivity index (χ2v) is 10.4. The fourth-order valence-electron chi connectivity index (χ4n) is 5.18. The minimum atomic E-state index is -0.276. The van der Waals surface area contributed by atoms with E-state index >= 15 is 0 Å². The summed E-state index contributed by atoms with van der Waals surface area (Å²) in [5.74, 6) is 0.924. The van der Waals surface area contributed by atoms with E-state index in [9.17, 15) is 4.79 Å². The van der Waals surface area contributed by atoms with Gasteiger partial charge in [0.15, 0.2) is 0 Å². The molecule has 1 heterocycles.